The normalized spacial score (nSPS) is 17.6. The summed E-state index contributed by atoms with van der Waals surface area (Å²) in [7, 11) is 1.03. The van der Waals surface area contributed by atoms with Crippen LogP contribution in [-0.4, -0.2) is 11.1 Å². The van der Waals surface area contributed by atoms with Crippen LogP contribution in [-0.2, 0) is 0 Å². The molecule has 0 amide bonds. The molecule has 0 N–H and O–H groups in total. The molecule has 2 heteroatoms. The van der Waals surface area contributed by atoms with Crippen LogP contribution in [0.3, 0.4) is 0 Å². The highest BCUT2D eigenvalue weighted by atomic mass is 31.1. The lowest BCUT2D eigenvalue weighted by Crippen LogP contribution is -2.22. The molecule has 0 heterocycles. The van der Waals surface area contributed by atoms with Gasteiger partial charge in [0.15, 0.2) is 0 Å². The van der Waals surface area contributed by atoms with Gasteiger partial charge in [0.05, 0.1) is 0 Å². The maximum absolute atomic E-state index is 12.8. The van der Waals surface area contributed by atoms with E-state index in [1.165, 1.54) is 59.9 Å². The van der Waals surface area contributed by atoms with E-state index in [1.807, 2.05) is 0 Å². The lowest BCUT2D eigenvalue weighted by Gasteiger charge is -2.26. The number of benzene rings is 1. The Morgan fingerprint density at radius 3 is 1.75 bits per heavy atom. The van der Waals surface area contributed by atoms with Gasteiger partial charge in [0.1, 0.15) is 0 Å². The van der Waals surface area contributed by atoms with Crippen LogP contribution in [0.25, 0.3) is 0 Å². The third-order valence-corrected chi connectivity index (χ3v) is 6.43. The summed E-state index contributed by atoms with van der Waals surface area (Å²) in [6, 6.07) is 0. The second kappa shape index (κ2) is 6.41. The zero-order chi connectivity index (χ0) is 14.9. The van der Waals surface area contributed by atoms with Crippen molar-refractivity contribution in [3.8, 4) is 0 Å². The highest BCUT2D eigenvalue weighted by Gasteiger charge is 2.14. The molecular weight excluding hydrogens is 263 g/mol. The van der Waals surface area contributed by atoms with Gasteiger partial charge in [-0.3, -0.25) is 0 Å². The molecule has 1 fully saturated rings. The molecule has 0 aromatic heterocycles. The number of hydrogen-bond donors (Lipinski definition) is 0. The van der Waals surface area contributed by atoms with Crippen molar-refractivity contribution < 1.29 is 5.11 Å². The first kappa shape index (κ1) is 15.7. The van der Waals surface area contributed by atoms with E-state index in [-0.39, 0.29) is 0 Å². The first-order valence-electron chi connectivity index (χ1n) is 7.75. The predicted molar refractivity (Wildman–Crippen MR) is 88.0 cm³/mol. The van der Waals surface area contributed by atoms with E-state index in [0.717, 1.165) is 13.8 Å². The highest BCUT2D eigenvalue weighted by Crippen LogP contribution is 2.31. The summed E-state index contributed by atoms with van der Waals surface area (Å²) in [5.41, 5.74) is 8.24. The van der Waals surface area contributed by atoms with Crippen LogP contribution in [0.4, 0.5) is 0 Å². The van der Waals surface area contributed by atoms with Gasteiger partial charge in [-0.2, -0.15) is 0 Å². The van der Waals surface area contributed by atoms with Crippen molar-refractivity contribution in [1.29, 1.82) is 0 Å². The number of rotatable bonds is 2. The third kappa shape index (κ3) is 3.00. The van der Waals surface area contributed by atoms with E-state index < -0.39 is 0 Å². The Morgan fingerprint density at radius 1 is 0.800 bits per heavy atom. The Labute approximate surface area is 125 Å². The largest absolute Gasteiger partial charge is 0.824 e. The minimum absolute atomic E-state index is 0.345. The van der Waals surface area contributed by atoms with E-state index in [1.54, 1.807) is 0 Å². The average molecular weight is 289 g/mol. The molecule has 0 radical (unpaired) electrons. The van der Waals surface area contributed by atoms with Gasteiger partial charge in [-0.1, -0.05) is 19.3 Å². The van der Waals surface area contributed by atoms with Crippen molar-refractivity contribution in [3.05, 3.63) is 33.4 Å². The second-order valence-corrected chi connectivity index (χ2v) is 7.62. The summed E-state index contributed by atoms with van der Waals surface area (Å²) >= 11 is 0. The number of hydrogen-bond acceptors (Lipinski definition) is 1. The SMILES string of the molecule is Cc1c(C)c(C)c(C([O-])=PC2CCCCC2)c(C)c1C. The van der Waals surface area contributed by atoms with Gasteiger partial charge in [-0.15, -0.1) is 13.7 Å². The molecule has 1 aliphatic rings. The fourth-order valence-electron chi connectivity index (χ4n) is 3.26. The Morgan fingerprint density at radius 2 is 1.25 bits per heavy atom. The fourth-order valence-corrected chi connectivity index (χ4v) is 4.68. The van der Waals surface area contributed by atoms with Crippen LogP contribution < -0.4 is 5.11 Å². The van der Waals surface area contributed by atoms with Crippen molar-refractivity contribution in [1.82, 2.24) is 0 Å². The molecular formula is C18H26OP-. The molecule has 0 saturated heterocycles. The summed E-state index contributed by atoms with van der Waals surface area (Å²) < 4.78 is 0. The summed E-state index contributed by atoms with van der Waals surface area (Å²) in [5.74, 6) is 0. The van der Waals surface area contributed by atoms with Crippen molar-refractivity contribution >= 4 is 13.7 Å². The molecule has 1 nitrogen and oxygen atoms in total. The highest BCUT2D eigenvalue weighted by molar-refractivity contribution is 7.41. The monoisotopic (exact) mass is 289 g/mol. The first-order chi connectivity index (χ1) is 9.43. The minimum atomic E-state index is 0.345. The van der Waals surface area contributed by atoms with Crippen molar-refractivity contribution in [2.24, 2.45) is 0 Å². The maximum atomic E-state index is 12.8. The smallest absolute Gasteiger partial charge is 0.0000723 e. The quantitative estimate of drug-likeness (QED) is 0.742. The molecule has 0 atom stereocenters. The summed E-state index contributed by atoms with van der Waals surface area (Å²) in [5, 5.41) is 12.8. The van der Waals surface area contributed by atoms with E-state index in [2.05, 4.69) is 34.6 Å². The van der Waals surface area contributed by atoms with Crippen LogP contribution in [0.5, 0.6) is 0 Å². The molecule has 20 heavy (non-hydrogen) atoms. The Kier molecular flexibility index (Phi) is 5.04. The molecule has 1 aromatic carbocycles. The van der Waals surface area contributed by atoms with Crippen molar-refractivity contribution in [2.75, 3.05) is 0 Å². The van der Waals surface area contributed by atoms with Gasteiger partial charge >= 0.3 is 0 Å². The van der Waals surface area contributed by atoms with Gasteiger partial charge < -0.3 is 5.11 Å². The van der Waals surface area contributed by atoms with Gasteiger partial charge in [0.25, 0.3) is 0 Å². The van der Waals surface area contributed by atoms with E-state index in [4.69, 9.17) is 0 Å². The van der Waals surface area contributed by atoms with Gasteiger partial charge in [-0.25, -0.2) is 0 Å². The fraction of sp³-hybridized carbons (Fsp3) is 0.611. The van der Waals surface area contributed by atoms with E-state index in [0.29, 0.717) is 11.1 Å². The van der Waals surface area contributed by atoms with Crippen molar-refractivity contribution in [2.45, 2.75) is 72.4 Å². The average Bonchev–Trinajstić information content (AvgIpc) is 2.44. The lowest BCUT2D eigenvalue weighted by molar-refractivity contribution is -0.207. The van der Waals surface area contributed by atoms with Crippen LogP contribution in [0.2, 0.25) is 0 Å². The Hall–Kier alpha value is -0.650. The van der Waals surface area contributed by atoms with Gasteiger partial charge in [0, 0.05) is 0 Å². The van der Waals surface area contributed by atoms with Crippen LogP contribution in [0.15, 0.2) is 0 Å². The maximum Gasteiger partial charge on any atom is -0.0000723 e. The van der Waals surface area contributed by atoms with E-state index in [9.17, 15) is 5.11 Å². The third-order valence-electron chi connectivity index (χ3n) is 5.09. The zero-order valence-electron chi connectivity index (χ0n) is 13.5. The molecule has 1 saturated carbocycles. The first-order valence-corrected chi connectivity index (χ1v) is 8.72. The van der Waals surface area contributed by atoms with Gasteiger partial charge in [0.2, 0.25) is 0 Å². The minimum Gasteiger partial charge on any atom is -0.824 e. The summed E-state index contributed by atoms with van der Waals surface area (Å²) in [4.78, 5) is 0. The summed E-state index contributed by atoms with van der Waals surface area (Å²) in [6.45, 7) is 10.7. The molecule has 0 aliphatic heterocycles. The second-order valence-electron chi connectivity index (χ2n) is 6.23. The molecule has 110 valence electrons. The molecule has 0 unspecified atom stereocenters. The Balaban J connectivity index is 2.43. The van der Waals surface area contributed by atoms with Crippen LogP contribution >= 0.6 is 8.20 Å². The van der Waals surface area contributed by atoms with Crippen LogP contribution in [0, 0.1) is 34.6 Å². The lowest BCUT2D eigenvalue weighted by atomic mass is 9.90. The predicted octanol–water partition coefficient (Wildman–Crippen LogP) is 4.35. The summed E-state index contributed by atoms with van der Waals surface area (Å²) in [6.07, 6.45) is 6.41. The van der Waals surface area contributed by atoms with Gasteiger partial charge in [-0.05, 0) is 86.5 Å². The molecule has 0 bridgehead atoms. The standard InChI is InChI=1S/C18H27OP/c1-11-12(2)14(4)17(15(5)13(11)3)18(19)20-16-9-7-6-8-10-16/h16,19H,6-10H2,1-5H3/p-1. The topological polar surface area (TPSA) is 23.1 Å². The molecule has 2 rings (SSSR count). The molecule has 1 aliphatic carbocycles. The Bertz CT molecular complexity index is 508. The molecule has 0 spiro atoms. The van der Waals surface area contributed by atoms with Crippen LogP contribution in [0.1, 0.15) is 65.5 Å². The van der Waals surface area contributed by atoms with Crippen molar-refractivity contribution in [3.63, 3.8) is 0 Å². The zero-order valence-corrected chi connectivity index (χ0v) is 14.4. The van der Waals surface area contributed by atoms with E-state index >= 15 is 0 Å². The molecule has 1 aromatic rings.